The maximum Gasteiger partial charge on any atom is 0.255 e. The number of hydrogen-bond donors (Lipinski definition) is 2. The summed E-state index contributed by atoms with van der Waals surface area (Å²) in [7, 11) is -2.00. The van der Waals surface area contributed by atoms with Crippen LogP contribution in [-0.2, 0) is 10.0 Å². The molecule has 4 aromatic rings. The van der Waals surface area contributed by atoms with E-state index in [1.54, 1.807) is 13.1 Å². The molecule has 0 unspecified atom stereocenters. The van der Waals surface area contributed by atoms with Crippen LogP contribution in [0.1, 0.15) is 30.1 Å². The van der Waals surface area contributed by atoms with Crippen LogP contribution in [0.5, 0.6) is 0 Å². The lowest BCUT2D eigenvalue weighted by molar-refractivity contribution is 0.102. The Morgan fingerprint density at radius 2 is 1.79 bits per heavy atom. The summed E-state index contributed by atoms with van der Waals surface area (Å²) in [6, 6.07) is 21.2. The summed E-state index contributed by atoms with van der Waals surface area (Å²) in [6.45, 7) is 2.48. The SMILES string of the molecule is CCCCN(C)S(=O)(=O)c1ccc(C(=O)Nc2cccc(-c3nc4ccccc4[nH]3)c2)cc1. The van der Waals surface area contributed by atoms with Crippen molar-refractivity contribution in [1.82, 2.24) is 14.3 Å². The number of imidazole rings is 1. The number of anilines is 1. The maximum atomic E-state index is 12.7. The molecule has 4 rings (SSSR count). The van der Waals surface area contributed by atoms with Crippen molar-refractivity contribution in [2.75, 3.05) is 18.9 Å². The normalized spacial score (nSPS) is 11.7. The first-order valence-electron chi connectivity index (χ1n) is 10.8. The van der Waals surface area contributed by atoms with Gasteiger partial charge in [0.15, 0.2) is 0 Å². The smallest absolute Gasteiger partial charge is 0.255 e. The number of carbonyl (C=O) groups is 1. The van der Waals surface area contributed by atoms with Gasteiger partial charge in [0.05, 0.1) is 15.9 Å². The zero-order valence-corrected chi connectivity index (χ0v) is 19.4. The summed E-state index contributed by atoms with van der Waals surface area (Å²) < 4.78 is 26.7. The number of carbonyl (C=O) groups excluding carboxylic acids is 1. The zero-order valence-electron chi connectivity index (χ0n) is 18.6. The maximum absolute atomic E-state index is 12.7. The number of unbranched alkanes of at least 4 members (excludes halogenated alkanes) is 1. The van der Waals surface area contributed by atoms with Gasteiger partial charge in [0.2, 0.25) is 10.0 Å². The van der Waals surface area contributed by atoms with Crippen molar-refractivity contribution in [3.63, 3.8) is 0 Å². The predicted molar refractivity (Wildman–Crippen MR) is 131 cm³/mol. The summed E-state index contributed by atoms with van der Waals surface area (Å²) >= 11 is 0. The van der Waals surface area contributed by atoms with E-state index >= 15 is 0 Å². The monoisotopic (exact) mass is 462 g/mol. The van der Waals surface area contributed by atoms with Crippen LogP contribution in [0.2, 0.25) is 0 Å². The molecule has 0 bridgehead atoms. The lowest BCUT2D eigenvalue weighted by atomic mass is 10.1. The van der Waals surface area contributed by atoms with E-state index in [0.29, 0.717) is 23.6 Å². The molecule has 1 heterocycles. The van der Waals surface area contributed by atoms with E-state index in [0.717, 1.165) is 29.4 Å². The molecule has 1 aromatic heterocycles. The Labute approximate surface area is 193 Å². The average molecular weight is 463 g/mol. The largest absolute Gasteiger partial charge is 0.338 e. The van der Waals surface area contributed by atoms with Gasteiger partial charge in [-0.25, -0.2) is 17.7 Å². The highest BCUT2D eigenvalue weighted by Gasteiger charge is 2.20. The second-order valence-electron chi connectivity index (χ2n) is 7.84. The Hall–Kier alpha value is -3.49. The van der Waals surface area contributed by atoms with Crippen molar-refractivity contribution in [2.45, 2.75) is 24.7 Å². The minimum Gasteiger partial charge on any atom is -0.338 e. The van der Waals surface area contributed by atoms with E-state index in [4.69, 9.17) is 0 Å². The van der Waals surface area contributed by atoms with Gasteiger partial charge in [-0.05, 0) is 55.0 Å². The third kappa shape index (κ3) is 4.97. The quantitative estimate of drug-likeness (QED) is 0.389. The topological polar surface area (TPSA) is 95.2 Å². The number of aromatic nitrogens is 2. The number of nitrogens with zero attached hydrogens (tertiary/aromatic N) is 2. The van der Waals surface area contributed by atoms with Crippen molar-refractivity contribution in [1.29, 1.82) is 0 Å². The summed E-state index contributed by atoms with van der Waals surface area (Å²) in [6.07, 6.45) is 1.71. The highest BCUT2D eigenvalue weighted by atomic mass is 32.2. The summed E-state index contributed by atoms with van der Waals surface area (Å²) in [4.78, 5) is 20.8. The molecule has 0 atom stereocenters. The summed E-state index contributed by atoms with van der Waals surface area (Å²) in [5, 5.41) is 2.87. The number of nitrogens with one attached hydrogen (secondary N) is 2. The lowest BCUT2D eigenvalue weighted by Gasteiger charge is -2.17. The number of para-hydroxylation sites is 2. The first kappa shape index (κ1) is 22.7. The number of H-pyrrole nitrogens is 1. The van der Waals surface area contributed by atoms with Gasteiger partial charge in [-0.3, -0.25) is 4.79 Å². The van der Waals surface area contributed by atoms with Gasteiger partial charge < -0.3 is 10.3 Å². The summed E-state index contributed by atoms with van der Waals surface area (Å²) in [5.74, 6) is 0.397. The van der Waals surface area contributed by atoms with Gasteiger partial charge in [0.25, 0.3) is 5.91 Å². The van der Waals surface area contributed by atoms with Gasteiger partial charge in [0, 0.05) is 30.4 Å². The number of benzene rings is 3. The molecule has 170 valence electrons. The minimum absolute atomic E-state index is 0.171. The molecule has 0 spiro atoms. The van der Waals surface area contributed by atoms with Gasteiger partial charge >= 0.3 is 0 Å². The zero-order chi connectivity index (χ0) is 23.4. The number of rotatable bonds is 8. The Morgan fingerprint density at radius 3 is 2.52 bits per heavy atom. The van der Waals surface area contributed by atoms with Gasteiger partial charge in [-0.15, -0.1) is 0 Å². The van der Waals surface area contributed by atoms with Crippen molar-refractivity contribution in [2.24, 2.45) is 0 Å². The Kier molecular flexibility index (Phi) is 6.57. The number of aromatic amines is 1. The van der Waals surface area contributed by atoms with E-state index in [9.17, 15) is 13.2 Å². The lowest BCUT2D eigenvalue weighted by Crippen LogP contribution is -2.28. The highest BCUT2D eigenvalue weighted by molar-refractivity contribution is 7.89. The number of amides is 1. The number of fused-ring (bicyclic) bond motifs is 1. The third-order valence-corrected chi connectivity index (χ3v) is 7.31. The molecule has 0 saturated heterocycles. The number of sulfonamides is 1. The minimum atomic E-state index is -3.57. The molecule has 0 aliphatic carbocycles. The van der Waals surface area contributed by atoms with E-state index in [2.05, 4.69) is 15.3 Å². The van der Waals surface area contributed by atoms with Crippen LogP contribution < -0.4 is 5.32 Å². The fourth-order valence-corrected chi connectivity index (χ4v) is 4.71. The van der Waals surface area contributed by atoms with Crippen LogP contribution in [0.3, 0.4) is 0 Å². The number of hydrogen-bond acceptors (Lipinski definition) is 4. The Balaban J connectivity index is 1.49. The van der Waals surface area contributed by atoms with Crippen LogP contribution in [0, 0.1) is 0 Å². The molecule has 0 saturated carbocycles. The van der Waals surface area contributed by atoms with Crippen molar-refractivity contribution < 1.29 is 13.2 Å². The van der Waals surface area contributed by atoms with Gasteiger partial charge in [0.1, 0.15) is 5.82 Å². The second kappa shape index (κ2) is 9.56. The molecule has 0 radical (unpaired) electrons. The molecular weight excluding hydrogens is 436 g/mol. The van der Waals surface area contributed by atoms with E-state index in [1.807, 2.05) is 49.4 Å². The molecule has 3 aromatic carbocycles. The molecule has 33 heavy (non-hydrogen) atoms. The fourth-order valence-electron chi connectivity index (χ4n) is 3.50. The predicted octanol–water partition coefficient (Wildman–Crippen LogP) is 4.90. The first-order chi connectivity index (χ1) is 15.9. The molecule has 0 aliphatic rings. The van der Waals surface area contributed by atoms with Crippen LogP contribution in [0.4, 0.5) is 5.69 Å². The molecule has 8 heteroatoms. The van der Waals surface area contributed by atoms with Crippen molar-refractivity contribution in [3.8, 4) is 11.4 Å². The molecule has 2 N–H and O–H groups in total. The van der Waals surface area contributed by atoms with Crippen LogP contribution in [0.25, 0.3) is 22.4 Å². The van der Waals surface area contributed by atoms with E-state index < -0.39 is 10.0 Å². The van der Waals surface area contributed by atoms with Crippen LogP contribution in [0.15, 0.2) is 77.7 Å². The molecule has 1 amide bonds. The van der Waals surface area contributed by atoms with Crippen molar-refractivity contribution >= 4 is 32.7 Å². The fraction of sp³-hybridized carbons (Fsp3) is 0.200. The standard InChI is InChI=1S/C25H26N4O3S/c1-3-4-16-29(2)33(31,32)21-14-12-18(13-15-21)25(30)26-20-9-7-8-19(17-20)24-27-22-10-5-6-11-23(22)28-24/h5-15,17H,3-4,16H2,1-2H3,(H,26,30)(H,27,28). The van der Waals surface area contributed by atoms with E-state index in [1.165, 1.54) is 28.6 Å². The van der Waals surface area contributed by atoms with Gasteiger partial charge in [-0.2, -0.15) is 0 Å². The first-order valence-corrected chi connectivity index (χ1v) is 12.3. The Morgan fingerprint density at radius 1 is 1.03 bits per heavy atom. The molecule has 7 nitrogen and oxygen atoms in total. The highest BCUT2D eigenvalue weighted by Crippen LogP contribution is 2.23. The van der Waals surface area contributed by atoms with Gasteiger partial charge in [-0.1, -0.05) is 37.6 Å². The van der Waals surface area contributed by atoms with Crippen molar-refractivity contribution in [3.05, 3.63) is 78.4 Å². The summed E-state index contributed by atoms with van der Waals surface area (Å²) in [5.41, 5.74) is 3.66. The molecule has 0 fully saturated rings. The molecular formula is C25H26N4O3S. The van der Waals surface area contributed by atoms with Crippen LogP contribution >= 0.6 is 0 Å². The second-order valence-corrected chi connectivity index (χ2v) is 9.89. The average Bonchev–Trinajstić information content (AvgIpc) is 3.27. The molecule has 0 aliphatic heterocycles. The van der Waals surface area contributed by atoms with Crippen LogP contribution in [-0.4, -0.2) is 42.2 Å². The Bertz CT molecular complexity index is 1350. The van der Waals surface area contributed by atoms with E-state index in [-0.39, 0.29) is 10.8 Å². The third-order valence-electron chi connectivity index (χ3n) is 5.43.